The lowest BCUT2D eigenvalue weighted by atomic mass is 10.1. The van der Waals surface area contributed by atoms with Crippen molar-refractivity contribution in [1.29, 1.82) is 0 Å². The third kappa shape index (κ3) is 4.14. The number of nitrogens with one attached hydrogen (secondary N) is 1. The van der Waals surface area contributed by atoms with Crippen LogP contribution in [0, 0.1) is 15.9 Å². The number of anilines is 1. The Balaban J connectivity index is 2.23. The molecule has 2 rings (SSSR count). The number of hydrogen-bond acceptors (Lipinski definition) is 4. The predicted octanol–water partition coefficient (Wildman–Crippen LogP) is 3.09. The van der Waals surface area contributed by atoms with E-state index in [1.807, 2.05) is 4.90 Å². The van der Waals surface area contributed by atoms with E-state index < -0.39 is 10.7 Å². The summed E-state index contributed by atoms with van der Waals surface area (Å²) in [5.74, 6) is -0.570. The lowest BCUT2D eigenvalue weighted by Crippen LogP contribution is -2.38. The number of nitrogens with zero attached hydrogens (tertiary/aromatic N) is 2. The Kier molecular flexibility index (Phi) is 5.50. The minimum atomic E-state index is -0.570. The molecule has 1 aliphatic rings. The summed E-state index contributed by atoms with van der Waals surface area (Å²) < 4.78 is 13.3. The van der Waals surface area contributed by atoms with Crippen molar-refractivity contribution in [3.8, 4) is 0 Å². The van der Waals surface area contributed by atoms with Crippen LogP contribution in [0.1, 0.15) is 32.6 Å². The van der Waals surface area contributed by atoms with Gasteiger partial charge in [0.2, 0.25) is 0 Å². The molecule has 0 bridgehead atoms. The molecule has 0 radical (unpaired) electrons. The molecule has 0 amide bonds. The zero-order valence-electron chi connectivity index (χ0n) is 12.3. The molecule has 1 aliphatic heterocycles. The van der Waals surface area contributed by atoms with Crippen LogP contribution in [0.2, 0.25) is 0 Å². The van der Waals surface area contributed by atoms with Crippen LogP contribution in [0.25, 0.3) is 0 Å². The van der Waals surface area contributed by atoms with Crippen LogP contribution in [-0.4, -0.2) is 30.6 Å². The van der Waals surface area contributed by atoms with Gasteiger partial charge in [-0.3, -0.25) is 10.1 Å². The second-order valence-corrected chi connectivity index (χ2v) is 5.48. The number of rotatable bonds is 7. The largest absolute Gasteiger partial charge is 0.364 e. The Morgan fingerprint density at radius 2 is 2.33 bits per heavy atom. The monoisotopic (exact) mass is 295 g/mol. The van der Waals surface area contributed by atoms with Gasteiger partial charge in [0.15, 0.2) is 0 Å². The Hall–Kier alpha value is -1.69. The van der Waals surface area contributed by atoms with Crippen LogP contribution in [-0.2, 0) is 0 Å². The van der Waals surface area contributed by atoms with Crippen LogP contribution < -0.4 is 10.2 Å². The number of nitro benzene ring substituents is 1. The van der Waals surface area contributed by atoms with E-state index >= 15 is 0 Å². The Morgan fingerprint density at radius 3 is 2.95 bits per heavy atom. The third-order valence-corrected chi connectivity index (χ3v) is 3.86. The van der Waals surface area contributed by atoms with Gasteiger partial charge in [0, 0.05) is 19.1 Å². The van der Waals surface area contributed by atoms with Crippen molar-refractivity contribution in [3.63, 3.8) is 0 Å². The van der Waals surface area contributed by atoms with E-state index in [1.54, 1.807) is 0 Å². The molecule has 0 spiro atoms. The maximum Gasteiger partial charge on any atom is 0.295 e. The summed E-state index contributed by atoms with van der Waals surface area (Å²) >= 11 is 0. The van der Waals surface area contributed by atoms with E-state index in [4.69, 9.17) is 0 Å². The lowest BCUT2D eigenvalue weighted by molar-refractivity contribution is -0.384. The molecule has 1 atom stereocenters. The first-order valence-electron chi connectivity index (χ1n) is 7.54. The average Bonchev–Trinajstić information content (AvgIpc) is 2.96. The average molecular weight is 295 g/mol. The minimum absolute atomic E-state index is 0.149. The van der Waals surface area contributed by atoms with Crippen molar-refractivity contribution < 1.29 is 9.31 Å². The van der Waals surface area contributed by atoms with Gasteiger partial charge >= 0.3 is 0 Å². The van der Waals surface area contributed by atoms with Crippen LogP contribution in [0.15, 0.2) is 18.2 Å². The molecule has 0 aromatic heterocycles. The second kappa shape index (κ2) is 7.36. The van der Waals surface area contributed by atoms with E-state index in [1.165, 1.54) is 12.1 Å². The molecule has 21 heavy (non-hydrogen) atoms. The van der Waals surface area contributed by atoms with Crippen molar-refractivity contribution in [2.75, 3.05) is 24.5 Å². The van der Waals surface area contributed by atoms with Crippen molar-refractivity contribution >= 4 is 11.4 Å². The zero-order chi connectivity index (χ0) is 15.2. The number of halogens is 1. The smallest absolute Gasteiger partial charge is 0.295 e. The van der Waals surface area contributed by atoms with E-state index in [0.29, 0.717) is 11.7 Å². The van der Waals surface area contributed by atoms with Crippen molar-refractivity contribution in [2.45, 2.75) is 38.6 Å². The standard InChI is InChI=1S/C15H22FN3O2/c1-2-3-9-18(11-13-5-4-8-17-13)14-7-6-12(16)10-15(14)19(20)21/h6-7,10,13,17H,2-5,8-9,11H2,1H3. The highest BCUT2D eigenvalue weighted by molar-refractivity contribution is 5.63. The number of hydrogen-bond donors (Lipinski definition) is 1. The quantitative estimate of drug-likeness (QED) is 0.620. The van der Waals surface area contributed by atoms with Gasteiger partial charge in [0.25, 0.3) is 5.69 Å². The molecule has 116 valence electrons. The third-order valence-electron chi connectivity index (χ3n) is 3.86. The van der Waals surface area contributed by atoms with Gasteiger partial charge < -0.3 is 10.2 Å². The maximum absolute atomic E-state index is 13.3. The first kappa shape index (κ1) is 15.7. The van der Waals surface area contributed by atoms with E-state index in [9.17, 15) is 14.5 Å². The molecule has 1 aromatic rings. The fourth-order valence-electron chi connectivity index (χ4n) is 2.75. The molecule has 1 N–H and O–H groups in total. The zero-order valence-corrected chi connectivity index (χ0v) is 12.3. The SMILES string of the molecule is CCCCN(CC1CCCN1)c1ccc(F)cc1[N+](=O)[O-]. The Morgan fingerprint density at radius 1 is 1.52 bits per heavy atom. The Labute approximate surface area is 124 Å². The van der Waals surface area contributed by atoms with Crippen molar-refractivity contribution in [1.82, 2.24) is 5.32 Å². The Bertz CT molecular complexity index is 490. The lowest BCUT2D eigenvalue weighted by Gasteiger charge is -2.27. The number of unbranched alkanes of at least 4 members (excludes halogenated alkanes) is 1. The van der Waals surface area contributed by atoms with Gasteiger partial charge in [-0.05, 0) is 37.9 Å². The second-order valence-electron chi connectivity index (χ2n) is 5.48. The van der Waals surface area contributed by atoms with Crippen LogP contribution >= 0.6 is 0 Å². The molecule has 1 aromatic carbocycles. The summed E-state index contributed by atoms with van der Waals surface area (Å²) in [5, 5.41) is 14.6. The summed E-state index contributed by atoms with van der Waals surface area (Å²) in [7, 11) is 0. The van der Waals surface area contributed by atoms with Gasteiger partial charge in [-0.25, -0.2) is 4.39 Å². The van der Waals surface area contributed by atoms with E-state index in [0.717, 1.165) is 51.4 Å². The molecule has 1 fully saturated rings. The fourth-order valence-corrected chi connectivity index (χ4v) is 2.75. The highest BCUT2D eigenvalue weighted by Crippen LogP contribution is 2.29. The summed E-state index contributed by atoms with van der Waals surface area (Å²) in [5.41, 5.74) is 0.368. The van der Waals surface area contributed by atoms with Crippen molar-refractivity contribution in [2.24, 2.45) is 0 Å². The molecule has 1 heterocycles. The normalized spacial score (nSPS) is 17.9. The van der Waals surface area contributed by atoms with Gasteiger partial charge in [0.1, 0.15) is 11.5 Å². The van der Waals surface area contributed by atoms with Crippen LogP contribution in [0.5, 0.6) is 0 Å². The number of nitro groups is 1. The van der Waals surface area contributed by atoms with Crippen molar-refractivity contribution in [3.05, 3.63) is 34.1 Å². The maximum atomic E-state index is 13.3. The molecule has 1 saturated heterocycles. The van der Waals surface area contributed by atoms with Gasteiger partial charge in [-0.2, -0.15) is 0 Å². The highest BCUT2D eigenvalue weighted by Gasteiger charge is 2.24. The summed E-state index contributed by atoms with van der Waals surface area (Å²) in [6.07, 6.45) is 4.19. The summed E-state index contributed by atoms with van der Waals surface area (Å²) in [6, 6.07) is 4.18. The molecule has 1 unspecified atom stereocenters. The van der Waals surface area contributed by atoms with E-state index in [-0.39, 0.29) is 5.69 Å². The van der Waals surface area contributed by atoms with Gasteiger partial charge in [-0.15, -0.1) is 0 Å². The highest BCUT2D eigenvalue weighted by atomic mass is 19.1. The molecular weight excluding hydrogens is 273 g/mol. The van der Waals surface area contributed by atoms with Crippen LogP contribution in [0.4, 0.5) is 15.8 Å². The van der Waals surface area contributed by atoms with Gasteiger partial charge in [-0.1, -0.05) is 13.3 Å². The fraction of sp³-hybridized carbons (Fsp3) is 0.600. The first-order chi connectivity index (χ1) is 10.1. The molecule has 5 nitrogen and oxygen atoms in total. The molecular formula is C15H22FN3O2. The topological polar surface area (TPSA) is 58.4 Å². The van der Waals surface area contributed by atoms with E-state index in [2.05, 4.69) is 12.2 Å². The first-order valence-corrected chi connectivity index (χ1v) is 7.54. The number of benzene rings is 1. The predicted molar refractivity (Wildman–Crippen MR) is 81.2 cm³/mol. The molecule has 6 heteroatoms. The minimum Gasteiger partial charge on any atom is -0.364 e. The van der Waals surface area contributed by atoms with Gasteiger partial charge in [0.05, 0.1) is 11.0 Å². The molecule has 0 saturated carbocycles. The molecule has 0 aliphatic carbocycles. The summed E-state index contributed by atoms with van der Waals surface area (Å²) in [4.78, 5) is 12.7. The van der Waals surface area contributed by atoms with Crippen LogP contribution in [0.3, 0.4) is 0 Å². The summed E-state index contributed by atoms with van der Waals surface area (Å²) in [6.45, 7) is 4.57.